The number of primary amides is 1. The van der Waals surface area contributed by atoms with Crippen molar-refractivity contribution in [3.8, 4) is 22.9 Å². The lowest BCUT2D eigenvalue weighted by atomic mass is 10.1. The number of H-pyrrole nitrogens is 1. The number of carbonyl (C=O) groups excluding carboxylic acids is 1. The Morgan fingerprint density at radius 2 is 1.96 bits per heavy atom. The predicted molar refractivity (Wildman–Crippen MR) is 99.4 cm³/mol. The van der Waals surface area contributed by atoms with Gasteiger partial charge in [-0.2, -0.15) is 5.10 Å². The zero-order valence-electron chi connectivity index (χ0n) is 14.9. The maximum absolute atomic E-state index is 11.2. The highest BCUT2D eigenvalue weighted by atomic mass is 16.3. The van der Waals surface area contributed by atoms with E-state index in [-0.39, 0.29) is 0 Å². The normalized spacial score (nSPS) is 12.3. The lowest BCUT2D eigenvalue weighted by molar-refractivity contribution is 0.1000. The van der Waals surface area contributed by atoms with E-state index < -0.39 is 12.0 Å². The molecular weight excluding hydrogens is 330 g/mol. The van der Waals surface area contributed by atoms with Crippen molar-refractivity contribution in [1.82, 2.24) is 19.7 Å². The number of amides is 1. The van der Waals surface area contributed by atoms with Crippen molar-refractivity contribution in [2.24, 2.45) is 5.73 Å². The van der Waals surface area contributed by atoms with Crippen molar-refractivity contribution in [1.29, 1.82) is 0 Å². The summed E-state index contributed by atoms with van der Waals surface area (Å²) >= 11 is 0. The van der Waals surface area contributed by atoms with Crippen LogP contribution in [-0.2, 0) is 13.0 Å². The van der Waals surface area contributed by atoms with Crippen LogP contribution in [0, 0.1) is 0 Å². The third-order valence-corrected chi connectivity index (χ3v) is 4.32. The molecule has 0 spiro atoms. The first-order valence-electron chi connectivity index (χ1n) is 8.73. The molecule has 1 atom stereocenters. The molecule has 3 rings (SSSR count). The van der Waals surface area contributed by atoms with E-state index in [1.807, 2.05) is 19.1 Å². The smallest absolute Gasteiger partial charge is 0.248 e. The standard InChI is InChI=1S/C19H23N5O2/c1-3-14-9-10-16(21-14)19-22-18(23-24(19)11-15(25)4-2)13-7-5-12(6-8-13)17(20)26/h5-10,15,21,25H,3-4,11H2,1-2H3,(H2,20,26). The molecule has 0 aliphatic rings. The van der Waals surface area contributed by atoms with Crippen LogP contribution in [0.5, 0.6) is 0 Å². The first-order valence-corrected chi connectivity index (χ1v) is 8.73. The lowest BCUT2D eigenvalue weighted by Gasteiger charge is -2.09. The molecule has 0 saturated heterocycles. The molecule has 2 aromatic heterocycles. The van der Waals surface area contributed by atoms with Gasteiger partial charge in [0, 0.05) is 16.8 Å². The molecule has 2 heterocycles. The highest BCUT2D eigenvalue weighted by Crippen LogP contribution is 2.23. The Hall–Kier alpha value is -2.93. The summed E-state index contributed by atoms with van der Waals surface area (Å²) < 4.78 is 1.72. The van der Waals surface area contributed by atoms with Crippen LogP contribution in [0.1, 0.15) is 36.3 Å². The van der Waals surface area contributed by atoms with Gasteiger partial charge in [0.2, 0.25) is 5.91 Å². The minimum atomic E-state index is -0.499. The predicted octanol–water partition coefficient (Wildman–Crippen LogP) is 2.37. The third-order valence-electron chi connectivity index (χ3n) is 4.32. The number of benzene rings is 1. The van der Waals surface area contributed by atoms with Gasteiger partial charge in [0.05, 0.1) is 18.3 Å². The second-order valence-corrected chi connectivity index (χ2v) is 6.20. The van der Waals surface area contributed by atoms with Crippen LogP contribution in [0.4, 0.5) is 0 Å². The SMILES string of the molecule is CCc1ccc(-c2nc(-c3ccc(C(N)=O)cc3)nn2CC(O)CC)[nH]1. The van der Waals surface area contributed by atoms with Crippen LogP contribution in [-0.4, -0.2) is 36.9 Å². The number of carbonyl (C=O) groups is 1. The summed E-state index contributed by atoms with van der Waals surface area (Å²) in [5, 5.41) is 14.6. The molecule has 0 radical (unpaired) electrons. The summed E-state index contributed by atoms with van der Waals surface area (Å²) in [5.41, 5.74) is 8.47. The van der Waals surface area contributed by atoms with E-state index in [1.54, 1.807) is 28.9 Å². The second-order valence-electron chi connectivity index (χ2n) is 6.20. The number of hydrogen-bond donors (Lipinski definition) is 3. The number of aromatic nitrogens is 4. The van der Waals surface area contributed by atoms with Crippen LogP contribution in [0.25, 0.3) is 22.9 Å². The summed E-state index contributed by atoms with van der Waals surface area (Å²) in [5.74, 6) is 0.735. The summed E-state index contributed by atoms with van der Waals surface area (Å²) in [7, 11) is 0. The van der Waals surface area contributed by atoms with E-state index >= 15 is 0 Å². The molecule has 0 fully saturated rings. The Bertz CT molecular complexity index is 895. The Morgan fingerprint density at radius 1 is 1.23 bits per heavy atom. The van der Waals surface area contributed by atoms with Crippen LogP contribution >= 0.6 is 0 Å². The van der Waals surface area contributed by atoms with Crippen LogP contribution in [0.3, 0.4) is 0 Å². The maximum atomic E-state index is 11.2. The largest absolute Gasteiger partial charge is 0.391 e. The molecule has 3 aromatic rings. The number of aliphatic hydroxyl groups is 1. The van der Waals surface area contributed by atoms with Crippen molar-refractivity contribution in [3.63, 3.8) is 0 Å². The number of rotatable bonds is 7. The molecule has 26 heavy (non-hydrogen) atoms. The minimum Gasteiger partial charge on any atom is -0.391 e. The Balaban J connectivity index is 2.01. The molecule has 4 N–H and O–H groups in total. The van der Waals surface area contributed by atoms with Gasteiger partial charge in [0.25, 0.3) is 0 Å². The minimum absolute atomic E-state index is 0.360. The van der Waals surface area contributed by atoms with Gasteiger partial charge >= 0.3 is 0 Å². The molecule has 0 bridgehead atoms. The molecule has 1 unspecified atom stereocenters. The van der Waals surface area contributed by atoms with Crippen molar-refractivity contribution in [2.45, 2.75) is 39.3 Å². The zero-order valence-corrected chi connectivity index (χ0v) is 14.9. The van der Waals surface area contributed by atoms with Crippen molar-refractivity contribution in [2.75, 3.05) is 0 Å². The maximum Gasteiger partial charge on any atom is 0.248 e. The fraction of sp³-hybridized carbons (Fsp3) is 0.316. The quantitative estimate of drug-likeness (QED) is 0.605. The number of aliphatic hydroxyl groups excluding tert-OH is 1. The monoisotopic (exact) mass is 353 g/mol. The van der Waals surface area contributed by atoms with Gasteiger partial charge in [-0.05, 0) is 37.1 Å². The molecule has 0 aliphatic heterocycles. The highest BCUT2D eigenvalue weighted by Gasteiger charge is 2.17. The van der Waals surface area contributed by atoms with E-state index in [1.165, 1.54) is 0 Å². The highest BCUT2D eigenvalue weighted by molar-refractivity contribution is 5.93. The van der Waals surface area contributed by atoms with Gasteiger partial charge in [-0.15, -0.1) is 0 Å². The molecular formula is C19H23N5O2. The summed E-state index contributed by atoms with van der Waals surface area (Å²) in [4.78, 5) is 19.2. The van der Waals surface area contributed by atoms with Gasteiger partial charge in [-0.25, -0.2) is 9.67 Å². The number of nitrogens with one attached hydrogen (secondary N) is 1. The molecule has 0 aliphatic carbocycles. The van der Waals surface area contributed by atoms with E-state index in [9.17, 15) is 9.90 Å². The second kappa shape index (κ2) is 7.53. The van der Waals surface area contributed by atoms with E-state index in [4.69, 9.17) is 5.73 Å². The van der Waals surface area contributed by atoms with E-state index in [2.05, 4.69) is 22.0 Å². The molecule has 7 heteroatoms. The fourth-order valence-electron chi connectivity index (χ4n) is 2.68. The number of nitrogens with zero attached hydrogens (tertiary/aromatic N) is 3. The molecule has 7 nitrogen and oxygen atoms in total. The first kappa shape index (κ1) is 17.9. The summed E-state index contributed by atoms with van der Waals surface area (Å²) in [6, 6.07) is 10.8. The number of aromatic amines is 1. The molecule has 1 amide bonds. The molecule has 136 valence electrons. The molecule has 1 aromatic carbocycles. The average molecular weight is 353 g/mol. The number of aryl methyl sites for hydroxylation is 1. The lowest BCUT2D eigenvalue weighted by Crippen LogP contribution is -2.16. The van der Waals surface area contributed by atoms with E-state index in [0.29, 0.717) is 30.2 Å². The van der Waals surface area contributed by atoms with Crippen molar-refractivity contribution >= 4 is 5.91 Å². The summed E-state index contributed by atoms with van der Waals surface area (Å²) in [6.07, 6.45) is 1.03. The Morgan fingerprint density at radius 3 is 2.54 bits per heavy atom. The zero-order chi connectivity index (χ0) is 18.7. The number of hydrogen-bond acceptors (Lipinski definition) is 4. The van der Waals surface area contributed by atoms with E-state index in [0.717, 1.165) is 23.4 Å². The Labute approximate surface area is 151 Å². The van der Waals surface area contributed by atoms with Crippen LogP contribution < -0.4 is 5.73 Å². The topological polar surface area (TPSA) is 110 Å². The fourth-order valence-corrected chi connectivity index (χ4v) is 2.68. The van der Waals surface area contributed by atoms with Gasteiger partial charge in [0.15, 0.2) is 11.6 Å². The van der Waals surface area contributed by atoms with Crippen LogP contribution in [0.2, 0.25) is 0 Å². The van der Waals surface area contributed by atoms with Gasteiger partial charge in [0.1, 0.15) is 0 Å². The number of nitrogens with two attached hydrogens (primary N) is 1. The third kappa shape index (κ3) is 3.67. The van der Waals surface area contributed by atoms with Crippen molar-refractivity contribution < 1.29 is 9.90 Å². The van der Waals surface area contributed by atoms with Gasteiger partial charge < -0.3 is 15.8 Å². The van der Waals surface area contributed by atoms with Crippen molar-refractivity contribution in [3.05, 3.63) is 47.7 Å². The average Bonchev–Trinajstić information content (AvgIpc) is 3.28. The van der Waals surface area contributed by atoms with Gasteiger partial charge in [-0.1, -0.05) is 26.0 Å². The first-order chi connectivity index (χ1) is 12.5. The molecule has 0 saturated carbocycles. The van der Waals surface area contributed by atoms with Gasteiger partial charge in [-0.3, -0.25) is 4.79 Å². The Kier molecular flexibility index (Phi) is 5.18. The summed E-state index contributed by atoms with van der Waals surface area (Å²) in [6.45, 7) is 4.36. The van der Waals surface area contributed by atoms with Crippen LogP contribution in [0.15, 0.2) is 36.4 Å².